The second-order valence-corrected chi connectivity index (χ2v) is 5.20. The summed E-state index contributed by atoms with van der Waals surface area (Å²) in [7, 11) is 0. The molecule has 0 atom stereocenters. The molecule has 2 heterocycles. The van der Waals surface area contributed by atoms with E-state index in [0.717, 1.165) is 12.1 Å². The average Bonchev–Trinajstić information content (AvgIpc) is 2.50. The highest BCUT2D eigenvalue weighted by molar-refractivity contribution is 5.95. The lowest BCUT2D eigenvalue weighted by Gasteiger charge is -2.39. The highest BCUT2D eigenvalue weighted by Crippen LogP contribution is 2.29. The molecule has 1 aliphatic rings. The van der Waals surface area contributed by atoms with Crippen molar-refractivity contribution in [3.8, 4) is 0 Å². The zero-order chi connectivity index (χ0) is 16.4. The van der Waals surface area contributed by atoms with Gasteiger partial charge in [0.2, 0.25) is 5.95 Å². The molecule has 8 heteroatoms. The number of hydrogen-bond donors (Lipinski definition) is 1. The van der Waals surface area contributed by atoms with E-state index in [2.05, 4.69) is 15.3 Å². The number of hydrogen-bond acceptors (Lipinski definition) is 4. The fourth-order valence-corrected chi connectivity index (χ4v) is 2.28. The Morgan fingerprint density at radius 2 is 1.74 bits per heavy atom. The number of rotatable bonds is 3. The summed E-state index contributed by atoms with van der Waals surface area (Å²) in [6.45, 7) is 0.913. The van der Waals surface area contributed by atoms with Crippen LogP contribution in [0.3, 0.4) is 0 Å². The summed E-state index contributed by atoms with van der Waals surface area (Å²) >= 11 is 0. The van der Waals surface area contributed by atoms with E-state index in [1.54, 1.807) is 23.4 Å². The van der Waals surface area contributed by atoms with Crippen molar-refractivity contribution in [2.45, 2.75) is 12.2 Å². The molecule has 1 N–H and O–H groups in total. The first-order valence-electron chi connectivity index (χ1n) is 6.93. The highest BCUT2D eigenvalue weighted by Gasteiger charge is 2.33. The van der Waals surface area contributed by atoms with Crippen LogP contribution in [0.4, 0.5) is 19.1 Å². The first-order valence-corrected chi connectivity index (χ1v) is 6.93. The van der Waals surface area contributed by atoms with E-state index < -0.39 is 11.7 Å². The van der Waals surface area contributed by atoms with Gasteiger partial charge in [-0.3, -0.25) is 4.79 Å². The van der Waals surface area contributed by atoms with Gasteiger partial charge >= 0.3 is 6.18 Å². The molecule has 1 aliphatic heterocycles. The van der Waals surface area contributed by atoms with Crippen molar-refractivity contribution in [1.29, 1.82) is 0 Å². The van der Waals surface area contributed by atoms with E-state index in [9.17, 15) is 18.0 Å². The van der Waals surface area contributed by atoms with E-state index in [4.69, 9.17) is 0 Å². The summed E-state index contributed by atoms with van der Waals surface area (Å²) in [4.78, 5) is 21.8. The van der Waals surface area contributed by atoms with E-state index >= 15 is 0 Å². The lowest BCUT2D eigenvalue weighted by atomic mass is 10.1. The molecular formula is C15H13F3N4O. The van der Waals surface area contributed by atoms with Crippen LogP contribution < -0.4 is 5.32 Å². The average molecular weight is 322 g/mol. The van der Waals surface area contributed by atoms with Crippen molar-refractivity contribution in [2.24, 2.45) is 0 Å². The third kappa shape index (κ3) is 3.41. The molecule has 1 aromatic heterocycles. The topological polar surface area (TPSA) is 58.1 Å². The van der Waals surface area contributed by atoms with Gasteiger partial charge in [0.1, 0.15) is 0 Å². The molecule has 0 bridgehead atoms. The summed E-state index contributed by atoms with van der Waals surface area (Å²) in [5, 5.41) is 3.08. The predicted octanol–water partition coefficient (Wildman–Crippen LogP) is 2.43. The maximum Gasteiger partial charge on any atom is 0.416 e. The molecule has 2 aromatic rings. The molecule has 120 valence electrons. The normalized spacial score (nSPS) is 15.2. The Bertz CT molecular complexity index is 682. The third-order valence-corrected chi connectivity index (χ3v) is 3.53. The first-order chi connectivity index (χ1) is 10.9. The van der Waals surface area contributed by atoms with Crippen LogP contribution in [-0.4, -0.2) is 39.9 Å². The van der Waals surface area contributed by atoms with Gasteiger partial charge in [-0.15, -0.1) is 0 Å². The standard InChI is InChI=1S/C15H13F3N4O/c16-15(17,18)11-4-2-10(3-5-11)13(23)22-8-12(9-22)21-14-19-6-1-7-20-14/h1-7,12H,8-9H2,(H,19,20,21). The highest BCUT2D eigenvalue weighted by atomic mass is 19.4. The van der Waals surface area contributed by atoms with Crippen molar-refractivity contribution >= 4 is 11.9 Å². The summed E-state index contributed by atoms with van der Waals surface area (Å²) < 4.78 is 37.5. The molecule has 1 fully saturated rings. The van der Waals surface area contributed by atoms with Gasteiger partial charge in [-0.25, -0.2) is 9.97 Å². The number of aromatic nitrogens is 2. The van der Waals surface area contributed by atoms with Crippen LogP contribution in [-0.2, 0) is 6.18 Å². The number of benzene rings is 1. The number of amides is 1. The largest absolute Gasteiger partial charge is 0.416 e. The first kappa shape index (κ1) is 15.3. The van der Waals surface area contributed by atoms with Gasteiger partial charge < -0.3 is 10.2 Å². The van der Waals surface area contributed by atoms with Gasteiger partial charge in [-0.05, 0) is 30.3 Å². The Kier molecular flexibility index (Phi) is 3.89. The number of carbonyl (C=O) groups excluding carboxylic acids is 1. The Hall–Kier alpha value is -2.64. The summed E-state index contributed by atoms with van der Waals surface area (Å²) in [6.07, 6.45) is -1.18. The summed E-state index contributed by atoms with van der Waals surface area (Å²) in [5.41, 5.74) is -0.522. The van der Waals surface area contributed by atoms with Crippen molar-refractivity contribution in [2.75, 3.05) is 18.4 Å². The van der Waals surface area contributed by atoms with Crippen LogP contribution in [0.5, 0.6) is 0 Å². The van der Waals surface area contributed by atoms with E-state index in [1.807, 2.05) is 0 Å². The van der Waals surface area contributed by atoms with Crippen molar-refractivity contribution < 1.29 is 18.0 Å². The number of carbonyl (C=O) groups is 1. The Labute approximate surface area is 130 Å². The zero-order valence-electron chi connectivity index (χ0n) is 11.9. The lowest BCUT2D eigenvalue weighted by molar-refractivity contribution is -0.137. The van der Waals surface area contributed by atoms with Crippen LogP contribution in [0.1, 0.15) is 15.9 Å². The molecule has 0 saturated carbocycles. The van der Waals surface area contributed by atoms with Gasteiger partial charge in [0.15, 0.2) is 0 Å². The number of anilines is 1. The summed E-state index contributed by atoms with van der Waals surface area (Å²) in [5.74, 6) is 0.199. The van der Waals surface area contributed by atoms with Gasteiger partial charge in [-0.1, -0.05) is 0 Å². The second-order valence-electron chi connectivity index (χ2n) is 5.20. The molecule has 0 aliphatic carbocycles. The zero-order valence-corrected chi connectivity index (χ0v) is 11.9. The fourth-order valence-electron chi connectivity index (χ4n) is 2.28. The molecule has 0 spiro atoms. The third-order valence-electron chi connectivity index (χ3n) is 3.53. The molecule has 1 saturated heterocycles. The SMILES string of the molecule is O=C(c1ccc(C(F)(F)F)cc1)N1CC(Nc2ncccn2)C1. The van der Waals surface area contributed by atoms with Crippen LogP contribution in [0.25, 0.3) is 0 Å². The minimum absolute atomic E-state index is 0.0378. The van der Waals surface area contributed by atoms with Crippen molar-refractivity contribution in [3.05, 3.63) is 53.9 Å². The predicted molar refractivity (Wildman–Crippen MR) is 76.8 cm³/mol. The smallest absolute Gasteiger partial charge is 0.348 e. The number of nitrogens with zero attached hydrogens (tertiary/aromatic N) is 3. The van der Waals surface area contributed by atoms with Gasteiger partial charge in [-0.2, -0.15) is 13.2 Å². The Morgan fingerprint density at radius 1 is 1.13 bits per heavy atom. The van der Waals surface area contributed by atoms with Gasteiger partial charge in [0.05, 0.1) is 11.6 Å². The fraction of sp³-hybridized carbons (Fsp3) is 0.267. The second kappa shape index (κ2) is 5.86. The monoisotopic (exact) mass is 322 g/mol. The van der Waals surface area contributed by atoms with E-state index in [0.29, 0.717) is 19.0 Å². The van der Waals surface area contributed by atoms with Gasteiger partial charge in [0, 0.05) is 31.0 Å². The maximum absolute atomic E-state index is 12.5. The number of halogens is 3. The van der Waals surface area contributed by atoms with Crippen LogP contribution in [0, 0.1) is 0 Å². The van der Waals surface area contributed by atoms with Crippen LogP contribution in [0.2, 0.25) is 0 Å². The lowest BCUT2D eigenvalue weighted by Crippen LogP contribution is -2.57. The Balaban J connectivity index is 1.56. The van der Waals surface area contributed by atoms with Gasteiger partial charge in [0.25, 0.3) is 5.91 Å². The van der Waals surface area contributed by atoms with E-state index in [-0.39, 0.29) is 17.5 Å². The summed E-state index contributed by atoms with van der Waals surface area (Å²) in [6, 6.07) is 5.97. The van der Waals surface area contributed by atoms with Crippen LogP contribution >= 0.6 is 0 Å². The van der Waals surface area contributed by atoms with Crippen molar-refractivity contribution in [1.82, 2.24) is 14.9 Å². The molecule has 0 unspecified atom stereocenters. The number of nitrogens with one attached hydrogen (secondary N) is 1. The molecular weight excluding hydrogens is 309 g/mol. The maximum atomic E-state index is 12.5. The number of likely N-dealkylation sites (tertiary alicyclic amines) is 1. The molecule has 3 rings (SSSR count). The molecule has 0 radical (unpaired) electrons. The Morgan fingerprint density at radius 3 is 2.30 bits per heavy atom. The molecule has 1 aromatic carbocycles. The van der Waals surface area contributed by atoms with Crippen molar-refractivity contribution in [3.63, 3.8) is 0 Å². The quantitative estimate of drug-likeness (QED) is 0.943. The van der Waals surface area contributed by atoms with Crippen LogP contribution in [0.15, 0.2) is 42.7 Å². The van der Waals surface area contributed by atoms with E-state index in [1.165, 1.54) is 12.1 Å². The molecule has 23 heavy (non-hydrogen) atoms. The minimum atomic E-state index is -4.40. The number of alkyl halides is 3. The molecule has 1 amide bonds. The molecule has 5 nitrogen and oxygen atoms in total. The minimum Gasteiger partial charge on any atom is -0.348 e.